The molecule has 0 saturated carbocycles. The minimum atomic E-state index is 0.00953. The average Bonchev–Trinajstić information content (AvgIpc) is 3.59. The van der Waals surface area contributed by atoms with Crippen LogP contribution in [0.1, 0.15) is 49.9 Å². The van der Waals surface area contributed by atoms with Gasteiger partial charge in [0.15, 0.2) is 0 Å². The highest BCUT2D eigenvalue weighted by molar-refractivity contribution is 7.25. The maximum Gasteiger partial charge on any atom is 0.0361 e. The highest BCUT2D eigenvalue weighted by Crippen LogP contribution is 2.51. The third-order valence-corrected chi connectivity index (χ3v) is 11.4. The zero-order valence-electron chi connectivity index (χ0n) is 25.0. The van der Waals surface area contributed by atoms with Crippen LogP contribution in [-0.2, 0) is 10.8 Å². The molecule has 6 aromatic carbocycles. The number of hydrogen-bond acceptors (Lipinski definition) is 1. The zero-order chi connectivity index (χ0) is 29.1. The molecule has 0 amide bonds. The van der Waals surface area contributed by atoms with Crippen LogP contribution in [0.15, 0.2) is 121 Å². The molecule has 1 aromatic heterocycles. The summed E-state index contributed by atoms with van der Waals surface area (Å²) in [5, 5.41) is 2.68. The van der Waals surface area contributed by atoms with Crippen molar-refractivity contribution < 1.29 is 0 Å². The van der Waals surface area contributed by atoms with Gasteiger partial charge in [0.1, 0.15) is 0 Å². The van der Waals surface area contributed by atoms with Gasteiger partial charge in [0.2, 0.25) is 0 Å². The summed E-state index contributed by atoms with van der Waals surface area (Å²) in [6.07, 6.45) is 0. The molecule has 43 heavy (non-hydrogen) atoms. The summed E-state index contributed by atoms with van der Waals surface area (Å²) in [6.45, 7) is 9.42. The molecular formula is C42H32S. The number of fused-ring (bicyclic) bond motifs is 9. The highest BCUT2D eigenvalue weighted by Gasteiger charge is 2.36. The first-order valence-electron chi connectivity index (χ1n) is 15.3. The molecule has 0 N–H and O–H groups in total. The van der Waals surface area contributed by atoms with Crippen LogP contribution < -0.4 is 0 Å². The van der Waals surface area contributed by atoms with E-state index in [1.807, 2.05) is 11.3 Å². The van der Waals surface area contributed by atoms with Gasteiger partial charge in [-0.3, -0.25) is 0 Å². The molecule has 0 nitrogen and oxygen atoms in total. The fourth-order valence-electron chi connectivity index (χ4n) is 7.90. The van der Waals surface area contributed by atoms with E-state index in [1.54, 1.807) is 0 Å². The lowest BCUT2D eigenvalue weighted by atomic mass is 9.81. The second-order valence-electron chi connectivity index (χ2n) is 13.4. The first kappa shape index (κ1) is 25.1. The van der Waals surface area contributed by atoms with Gasteiger partial charge in [-0.1, -0.05) is 125 Å². The van der Waals surface area contributed by atoms with E-state index in [4.69, 9.17) is 0 Å². The Labute approximate surface area is 257 Å². The lowest BCUT2D eigenvalue weighted by Crippen LogP contribution is -2.14. The van der Waals surface area contributed by atoms with Crippen LogP contribution in [0, 0.1) is 0 Å². The van der Waals surface area contributed by atoms with Gasteiger partial charge in [0.05, 0.1) is 0 Å². The van der Waals surface area contributed by atoms with Crippen molar-refractivity contribution in [2.75, 3.05) is 0 Å². The highest BCUT2D eigenvalue weighted by atomic mass is 32.1. The van der Waals surface area contributed by atoms with Crippen molar-refractivity contribution in [1.82, 2.24) is 0 Å². The number of rotatable bonds is 2. The van der Waals surface area contributed by atoms with Gasteiger partial charge in [0.25, 0.3) is 0 Å². The van der Waals surface area contributed by atoms with Crippen LogP contribution in [0.2, 0.25) is 0 Å². The Balaban J connectivity index is 1.11. The van der Waals surface area contributed by atoms with Crippen molar-refractivity contribution in [2.24, 2.45) is 0 Å². The van der Waals surface area contributed by atoms with Crippen LogP contribution in [0.3, 0.4) is 0 Å². The van der Waals surface area contributed by atoms with Gasteiger partial charge in [-0.2, -0.15) is 0 Å². The van der Waals surface area contributed by atoms with Gasteiger partial charge >= 0.3 is 0 Å². The van der Waals surface area contributed by atoms with Gasteiger partial charge in [-0.15, -0.1) is 11.3 Å². The average molecular weight is 569 g/mol. The summed E-state index contributed by atoms with van der Waals surface area (Å²) in [7, 11) is 0. The Bertz CT molecular complexity index is 2130. The molecule has 9 rings (SSSR count). The summed E-state index contributed by atoms with van der Waals surface area (Å²) in [5.41, 5.74) is 16.4. The number of hydrogen-bond donors (Lipinski definition) is 0. The first-order valence-corrected chi connectivity index (χ1v) is 16.1. The van der Waals surface area contributed by atoms with Gasteiger partial charge < -0.3 is 0 Å². The van der Waals surface area contributed by atoms with E-state index in [0.717, 1.165) is 0 Å². The maximum absolute atomic E-state index is 2.43. The molecule has 0 radical (unpaired) electrons. The topological polar surface area (TPSA) is 0 Å². The van der Waals surface area contributed by atoms with Crippen molar-refractivity contribution in [2.45, 2.75) is 38.5 Å². The molecule has 7 aromatic rings. The molecular weight excluding hydrogens is 537 g/mol. The summed E-state index contributed by atoms with van der Waals surface area (Å²) < 4.78 is 2.69. The number of thiophene rings is 1. The first-order chi connectivity index (χ1) is 20.8. The molecule has 0 spiro atoms. The molecule has 206 valence electrons. The van der Waals surface area contributed by atoms with E-state index in [1.165, 1.54) is 86.9 Å². The van der Waals surface area contributed by atoms with Crippen molar-refractivity contribution in [3.63, 3.8) is 0 Å². The van der Waals surface area contributed by atoms with Gasteiger partial charge in [-0.25, -0.2) is 0 Å². The van der Waals surface area contributed by atoms with Crippen LogP contribution >= 0.6 is 11.3 Å². The summed E-state index contributed by atoms with van der Waals surface area (Å²) in [4.78, 5) is 0. The minimum Gasteiger partial charge on any atom is -0.135 e. The Hall–Kier alpha value is -4.46. The van der Waals surface area contributed by atoms with E-state index in [0.29, 0.717) is 0 Å². The molecule has 0 saturated heterocycles. The second-order valence-corrected chi connectivity index (χ2v) is 14.5. The molecule has 1 heteroatoms. The van der Waals surface area contributed by atoms with Crippen LogP contribution in [0.5, 0.6) is 0 Å². The SMILES string of the molecule is CC1(C)c2ccccc2-c2ccc(-c3ccc4c(c3)sc3cc(-c5ccc6c(c5)C(C)(C)c5ccccc5-6)ccc34)cc21. The van der Waals surface area contributed by atoms with Crippen molar-refractivity contribution in [3.05, 3.63) is 144 Å². The van der Waals surface area contributed by atoms with Crippen molar-refractivity contribution in [3.8, 4) is 44.5 Å². The number of benzene rings is 6. The van der Waals surface area contributed by atoms with Crippen molar-refractivity contribution >= 4 is 31.5 Å². The van der Waals surface area contributed by atoms with E-state index in [2.05, 4.69) is 149 Å². The van der Waals surface area contributed by atoms with E-state index in [-0.39, 0.29) is 10.8 Å². The quantitative estimate of drug-likeness (QED) is 0.195. The van der Waals surface area contributed by atoms with E-state index >= 15 is 0 Å². The normalized spacial score (nSPS) is 15.3. The molecule has 0 atom stereocenters. The Morgan fingerprint density at radius 2 is 0.744 bits per heavy atom. The lowest BCUT2D eigenvalue weighted by Gasteiger charge is -2.22. The fraction of sp³-hybridized carbons (Fsp3) is 0.143. The maximum atomic E-state index is 2.43. The molecule has 0 bridgehead atoms. The summed E-state index contributed by atoms with van der Waals surface area (Å²) in [6, 6.07) is 45.9. The third-order valence-electron chi connectivity index (χ3n) is 10.3. The summed E-state index contributed by atoms with van der Waals surface area (Å²) >= 11 is 1.91. The molecule has 2 aliphatic carbocycles. The predicted octanol–water partition coefficient (Wildman–Crippen LogP) is 12.0. The minimum absolute atomic E-state index is 0.00953. The van der Waals surface area contributed by atoms with E-state index in [9.17, 15) is 0 Å². The second kappa shape index (κ2) is 8.56. The fourth-order valence-corrected chi connectivity index (χ4v) is 9.09. The Kier molecular flexibility index (Phi) is 4.99. The molecule has 2 aliphatic rings. The van der Waals surface area contributed by atoms with Gasteiger partial charge in [-0.05, 0) is 91.0 Å². The Morgan fingerprint density at radius 1 is 0.372 bits per heavy atom. The standard InChI is InChI=1S/C42H32S/c1-41(2)35-11-7-5-9-29(35)31-17-13-25(21-37(31)41)27-15-19-33-34-20-16-28(24-40(34)43-39(33)23-27)26-14-18-32-30-10-6-8-12-36(30)42(3,4)38(32)22-26/h5-24H,1-4H3. The lowest BCUT2D eigenvalue weighted by molar-refractivity contribution is 0.660. The largest absolute Gasteiger partial charge is 0.135 e. The van der Waals surface area contributed by atoms with Gasteiger partial charge in [0, 0.05) is 31.0 Å². The molecule has 1 heterocycles. The van der Waals surface area contributed by atoms with Crippen LogP contribution in [0.4, 0.5) is 0 Å². The molecule has 0 fully saturated rings. The van der Waals surface area contributed by atoms with Crippen molar-refractivity contribution in [1.29, 1.82) is 0 Å². The molecule has 0 aliphatic heterocycles. The van der Waals surface area contributed by atoms with Crippen LogP contribution in [0.25, 0.3) is 64.7 Å². The molecule has 0 unspecified atom stereocenters. The van der Waals surface area contributed by atoms with E-state index < -0.39 is 0 Å². The predicted molar refractivity (Wildman–Crippen MR) is 185 cm³/mol. The zero-order valence-corrected chi connectivity index (χ0v) is 25.8. The Morgan fingerprint density at radius 3 is 1.21 bits per heavy atom. The smallest absolute Gasteiger partial charge is 0.0361 e. The summed E-state index contributed by atoms with van der Waals surface area (Å²) in [5.74, 6) is 0. The van der Waals surface area contributed by atoms with Crippen LogP contribution in [-0.4, -0.2) is 0 Å². The third kappa shape index (κ3) is 3.43. The monoisotopic (exact) mass is 568 g/mol.